The Bertz CT molecular complexity index is 1150. The standard InChI is InChI=1S/C25H26N4O2S2/c1-32-20-9-7-19(8-10-20)29-15-18(13-23(29)30)24(31)27-25-26-21-11-12-28(16-22(21)33-25)14-17-5-3-2-4-6-17/h2-10,18H,11-16H2,1H3,(H,26,27,31). The number of aromatic nitrogens is 1. The molecular weight excluding hydrogens is 452 g/mol. The van der Waals surface area contributed by atoms with Gasteiger partial charge in [-0.25, -0.2) is 4.98 Å². The Morgan fingerprint density at radius 2 is 1.97 bits per heavy atom. The summed E-state index contributed by atoms with van der Waals surface area (Å²) >= 11 is 3.22. The van der Waals surface area contributed by atoms with E-state index in [2.05, 4.69) is 39.5 Å². The van der Waals surface area contributed by atoms with Crippen LogP contribution in [-0.4, -0.2) is 41.0 Å². The molecule has 170 valence electrons. The van der Waals surface area contributed by atoms with Gasteiger partial charge in [0.25, 0.3) is 0 Å². The highest BCUT2D eigenvalue weighted by atomic mass is 32.2. The van der Waals surface area contributed by atoms with E-state index in [0.717, 1.165) is 42.3 Å². The van der Waals surface area contributed by atoms with Gasteiger partial charge in [0.15, 0.2) is 5.13 Å². The number of amides is 2. The number of rotatable bonds is 6. The number of anilines is 2. The van der Waals surface area contributed by atoms with Gasteiger partial charge in [0.05, 0.1) is 11.6 Å². The molecule has 2 aliphatic heterocycles. The van der Waals surface area contributed by atoms with E-state index in [9.17, 15) is 9.59 Å². The van der Waals surface area contributed by atoms with Gasteiger partial charge in [-0.2, -0.15) is 0 Å². The number of fused-ring (bicyclic) bond motifs is 1. The molecule has 0 radical (unpaired) electrons. The fourth-order valence-corrected chi connectivity index (χ4v) is 5.84. The van der Waals surface area contributed by atoms with Gasteiger partial charge in [0.2, 0.25) is 11.8 Å². The van der Waals surface area contributed by atoms with Crippen molar-refractivity contribution in [3.63, 3.8) is 0 Å². The molecule has 1 aromatic heterocycles. The molecule has 1 atom stereocenters. The highest BCUT2D eigenvalue weighted by Gasteiger charge is 2.35. The van der Waals surface area contributed by atoms with E-state index in [1.807, 2.05) is 36.6 Å². The third-order valence-corrected chi connectivity index (χ3v) is 7.91. The van der Waals surface area contributed by atoms with E-state index >= 15 is 0 Å². The molecule has 6 nitrogen and oxygen atoms in total. The lowest BCUT2D eigenvalue weighted by Crippen LogP contribution is -2.29. The monoisotopic (exact) mass is 478 g/mol. The molecule has 5 rings (SSSR count). The number of nitrogens with one attached hydrogen (secondary N) is 1. The van der Waals surface area contributed by atoms with Crippen LogP contribution >= 0.6 is 23.1 Å². The summed E-state index contributed by atoms with van der Waals surface area (Å²) in [5, 5.41) is 3.62. The topological polar surface area (TPSA) is 65.5 Å². The molecule has 0 aliphatic carbocycles. The lowest BCUT2D eigenvalue weighted by Gasteiger charge is -2.25. The van der Waals surface area contributed by atoms with Crippen molar-refractivity contribution in [1.82, 2.24) is 9.88 Å². The summed E-state index contributed by atoms with van der Waals surface area (Å²) in [5.41, 5.74) is 3.23. The van der Waals surface area contributed by atoms with Gasteiger partial charge < -0.3 is 10.2 Å². The number of thioether (sulfide) groups is 1. The zero-order valence-electron chi connectivity index (χ0n) is 18.5. The van der Waals surface area contributed by atoms with Gasteiger partial charge in [0, 0.05) is 54.5 Å². The minimum Gasteiger partial charge on any atom is -0.312 e. The SMILES string of the molecule is CSc1ccc(N2CC(C(=O)Nc3nc4c(s3)CN(Cc3ccccc3)CC4)CC2=O)cc1. The second-order valence-corrected chi connectivity index (χ2v) is 10.4. The number of hydrogen-bond donors (Lipinski definition) is 1. The van der Waals surface area contributed by atoms with Crippen LogP contribution in [0.1, 0.15) is 22.6 Å². The number of hydrogen-bond acceptors (Lipinski definition) is 6. The van der Waals surface area contributed by atoms with Gasteiger partial charge in [-0.05, 0) is 36.1 Å². The van der Waals surface area contributed by atoms with E-state index in [1.54, 1.807) is 28.0 Å². The summed E-state index contributed by atoms with van der Waals surface area (Å²) in [6, 6.07) is 18.4. The number of carbonyl (C=O) groups excluding carboxylic acids is 2. The molecule has 1 saturated heterocycles. The first-order chi connectivity index (χ1) is 16.1. The van der Waals surface area contributed by atoms with Crippen LogP contribution in [-0.2, 0) is 29.1 Å². The van der Waals surface area contributed by atoms with E-state index < -0.39 is 0 Å². The molecule has 1 fully saturated rings. The summed E-state index contributed by atoms with van der Waals surface area (Å²) < 4.78 is 0. The van der Waals surface area contributed by atoms with Crippen molar-refractivity contribution in [1.29, 1.82) is 0 Å². The van der Waals surface area contributed by atoms with Crippen molar-refractivity contribution in [3.05, 3.63) is 70.7 Å². The highest BCUT2D eigenvalue weighted by Crippen LogP contribution is 2.31. The second kappa shape index (κ2) is 9.67. The predicted octanol–water partition coefficient (Wildman–Crippen LogP) is 4.41. The first-order valence-corrected chi connectivity index (χ1v) is 13.1. The van der Waals surface area contributed by atoms with Crippen LogP contribution in [0.4, 0.5) is 10.8 Å². The molecule has 3 aromatic rings. The van der Waals surface area contributed by atoms with Gasteiger partial charge in [0.1, 0.15) is 0 Å². The molecule has 33 heavy (non-hydrogen) atoms. The van der Waals surface area contributed by atoms with Gasteiger partial charge >= 0.3 is 0 Å². The van der Waals surface area contributed by atoms with Gasteiger partial charge in [-0.1, -0.05) is 30.3 Å². The van der Waals surface area contributed by atoms with Crippen LogP contribution in [0.15, 0.2) is 59.5 Å². The zero-order chi connectivity index (χ0) is 22.8. The van der Waals surface area contributed by atoms with Crippen molar-refractivity contribution in [2.45, 2.75) is 30.8 Å². The van der Waals surface area contributed by atoms with E-state index in [4.69, 9.17) is 0 Å². The average Bonchev–Trinajstić information content (AvgIpc) is 3.42. The van der Waals surface area contributed by atoms with Crippen molar-refractivity contribution >= 4 is 45.7 Å². The first-order valence-electron chi connectivity index (χ1n) is 11.1. The van der Waals surface area contributed by atoms with Gasteiger partial charge in [-0.15, -0.1) is 23.1 Å². The molecule has 1 unspecified atom stereocenters. The van der Waals surface area contributed by atoms with Crippen molar-refractivity contribution in [3.8, 4) is 0 Å². The molecule has 2 aliphatic rings. The molecule has 2 amide bonds. The molecule has 8 heteroatoms. The number of nitrogens with zero attached hydrogens (tertiary/aromatic N) is 3. The minimum atomic E-state index is -0.367. The normalized spacial score (nSPS) is 18.4. The Morgan fingerprint density at radius 3 is 2.73 bits per heavy atom. The average molecular weight is 479 g/mol. The summed E-state index contributed by atoms with van der Waals surface area (Å²) in [6.45, 7) is 3.12. The third-order valence-electron chi connectivity index (χ3n) is 6.17. The highest BCUT2D eigenvalue weighted by molar-refractivity contribution is 7.98. The zero-order valence-corrected chi connectivity index (χ0v) is 20.1. The Morgan fingerprint density at radius 1 is 1.18 bits per heavy atom. The fourth-order valence-electron chi connectivity index (χ4n) is 4.38. The van der Waals surface area contributed by atoms with Crippen molar-refractivity contribution in [2.24, 2.45) is 5.92 Å². The summed E-state index contributed by atoms with van der Waals surface area (Å²) in [7, 11) is 0. The van der Waals surface area contributed by atoms with Crippen molar-refractivity contribution < 1.29 is 9.59 Å². The maximum atomic E-state index is 12.9. The maximum absolute atomic E-state index is 12.9. The molecular formula is C25H26N4O2S2. The smallest absolute Gasteiger partial charge is 0.231 e. The molecule has 0 spiro atoms. The third kappa shape index (κ3) is 4.98. The molecule has 2 aromatic carbocycles. The largest absolute Gasteiger partial charge is 0.312 e. The second-order valence-electron chi connectivity index (χ2n) is 8.43. The Labute approximate surface area is 202 Å². The Kier molecular flexibility index (Phi) is 6.48. The number of benzene rings is 2. The van der Waals surface area contributed by atoms with Gasteiger partial charge in [-0.3, -0.25) is 14.5 Å². The summed E-state index contributed by atoms with van der Waals surface area (Å²) in [4.78, 5) is 36.6. The molecule has 3 heterocycles. The van der Waals surface area contributed by atoms with E-state index in [-0.39, 0.29) is 24.2 Å². The fraction of sp³-hybridized carbons (Fsp3) is 0.320. The van der Waals surface area contributed by atoms with Crippen molar-refractivity contribution in [2.75, 3.05) is 29.6 Å². The molecule has 0 saturated carbocycles. The maximum Gasteiger partial charge on any atom is 0.231 e. The van der Waals surface area contributed by atoms with E-state index in [0.29, 0.717) is 11.7 Å². The number of carbonyl (C=O) groups is 2. The van der Waals surface area contributed by atoms with Crippen LogP contribution in [0.5, 0.6) is 0 Å². The lowest BCUT2D eigenvalue weighted by atomic mass is 10.1. The summed E-state index contributed by atoms with van der Waals surface area (Å²) in [6.07, 6.45) is 3.13. The van der Waals surface area contributed by atoms with E-state index in [1.165, 1.54) is 10.4 Å². The Balaban J connectivity index is 1.20. The van der Waals surface area contributed by atoms with Crippen LogP contribution in [0.3, 0.4) is 0 Å². The quantitative estimate of drug-likeness (QED) is 0.532. The minimum absolute atomic E-state index is 0.0120. The van der Waals surface area contributed by atoms with Crippen LogP contribution < -0.4 is 10.2 Å². The molecule has 0 bridgehead atoms. The predicted molar refractivity (Wildman–Crippen MR) is 134 cm³/mol. The Hall–Kier alpha value is -2.68. The summed E-state index contributed by atoms with van der Waals surface area (Å²) in [5.74, 6) is -0.505. The van der Waals surface area contributed by atoms with Crippen LogP contribution in [0.2, 0.25) is 0 Å². The number of thiazole rings is 1. The van der Waals surface area contributed by atoms with Crippen LogP contribution in [0, 0.1) is 5.92 Å². The van der Waals surface area contributed by atoms with Crippen LogP contribution in [0.25, 0.3) is 0 Å². The lowest BCUT2D eigenvalue weighted by molar-refractivity contribution is -0.122. The molecule has 1 N–H and O–H groups in total. The first kappa shape index (κ1) is 22.1.